The molecule has 2 heterocycles. The summed E-state index contributed by atoms with van der Waals surface area (Å²) in [4.78, 5) is 44.7. The number of carbonyl (C=O) groups excluding carboxylic acids is 1. The molecular formula is C26H26N6O5S. The molecule has 0 aliphatic rings. The molecule has 0 aliphatic heterocycles. The number of anilines is 1. The molecule has 4 rings (SSSR count). The van der Waals surface area contributed by atoms with Crippen molar-refractivity contribution < 1.29 is 19.6 Å². The highest BCUT2D eigenvalue weighted by atomic mass is 32.1. The number of non-ortho nitro benzene ring substituents is 1. The van der Waals surface area contributed by atoms with Crippen LogP contribution < -0.4 is 10.2 Å². The summed E-state index contributed by atoms with van der Waals surface area (Å²) in [5.74, 6) is -1.29. The first-order valence-electron chi connectivity index (χ1n) is 11.9. The number of nitro groups is 1. The Morgan fingerprint density at radius 1 is 1.18 bits per heavy atom. The van der Waals surface area contributed by atoms with Gasteiger partial charge in [-0.25, -0.2) is 9.97 Å². The zero-order valence-corrected chi connectivity index (χ0v) is 21.2. The van der Waals surface area contributed by atoms with E-state index in [9.17, 15) is 19.7 Å². The fourth-order valence-electron chi connectivity index (χ4n) is 3.79. The molecule has 196 valence electrons. The van der Waals surface area contributed by atoms with Crippen LogP contribution in [0, 0.1) is 10.1 Å². The molecule has 0 unspecified atom stereocenters. The molecular weight excluding hydrogens is 508 g/mol. The zero-order chi connectivity index (χ0) is 26.9. The highest BCUT2D eigenvalue weighted by molar-refractivity contribution is 7.14. The monoisotopic (exact) mass is 534 g/mol. The summed E-state index contributed by atoms with van der Waals surface area (Å²) in [5, 5.41) is 25.2. The van der Waals surface area contributed by atoms with E-state index in [1.807, 2.05) is 28.3 Å². The summed E-state index contributed by atoms with van der Waals surface area (Å²) < 4.78 is 2.01. The van der Waals surface area contributed by atoms with E-state index in [-0.39, 0.29) is 24.6 Å². The van der Waals surface area contributed by atoms with Crippen LogP contribution in [0.3, 0.4) is 0 Å². The van der Waals surface area contributed by atoms with Gasteiger partial charge in [0, 0.05) is 67.2 Å². The number of carboxylic acids is 1. The van der Waals surface area contributed by atoms with Gasteiger partial charge < -0.3 is 19.9 Å². The average Bonchev–Trinajstić information content (AvgIpc) is 3.61. The van der Waals surface area contributed by atoms with Gasteiger partial charge in [0.1, 0.15) is 0 Å². The van der Waals surface area contributed by atoms with Crippen LogP contribution in [0.15, 0.2) is 72.6 Å². The van der Waals surface area contributed by atoms with Crippen molar-refractivity contribution in [3.8, 4) is 11.3 Å². The molecule has 1 amide bonds. The van der Waals surface area contributed by atoms with Crippen LogP contribution in [0.1, 0.15) is 28.8 Å². The van der Waals surface area contributed by atoms with Gasteiger partial charge in [0.05, 0.1) is 23.4 Å². The Bertz CT molecular complexity index is 1390. The van der Waals surface area contributed by atoms with Crippen molar-refractivity contribution in [3.63, 3.8) is 0 Å². The van der Waals surface area contributed by atoms with E-state index in [2.05, 4.69) is 15.2 Å². The van der Waals surface area contributed by atoms with E-state index in [4.69, 9.17) is 10.1 Å². The number of nitro benzene ring substituents is 1. The quantitative estimate of drug-likeness (QED) is 0.192. The minimum Gasteiger partial charge on any atom is -0.481 e. The normalized spacial score (nSPS) is 10.7. The number of aryl methyl sites for hydroxylation is 1. The molecule has 2 aromatic heterocycles. The maximum absolute atomic E-state index is 12.3. The maximum atomic E-state index is 12.3. The lowest BCUT2D eigenvalue weighted by Crippen LogP contribution is -2.26. The number of carbonyl (C=O) groups is 2. The number of carboxylic acid groups (broad SMARTS) is 1. The van der Waals surface area contributed by atoms with Crippen molar-refractivity contribution in [3.05, 3.63) is 93.9 Å². The number of nitrogens with zero attached hydrogens (tertiary/aromatic N) is 5. The fourth-order valence-corrected chi connectivity index (χ4v) is 4.66. The van der Waals surface area contributed by atoms with Crippen molar-refractivity contribution in [1.29, 1.82) is 0 Å². The first-order valence-corrected chi connectivity index (χ1v) is 12.8. The van der Waals surface area contributed by atoms with Gasteiger partial charge in [0.2, 0.25) is 0 Å². The molecule has 38 heavy (non-hydrogen) atoms. The van der Waals surface area contributed by atoms with E-state index >= 15 is 0 Å². The predicted molar refractivity (Wildman–Crippen MR) is 143 cm³/mol. The largest absolute Gasteiger partial charge is 0.481 e. The van der Waals surface area contributed by atoms with Crippen molar-refractivity contribution in [2.45, 2.75) is 25.9 Å². The Kier molecular flexibility index (Phi) is 8.77. The van der Waals surface area contributed by atoms with Gasteiger partial charge in [-0.3, -0.25) is 19.7 Å². The highest BCUT2D eigenvalue weighted by Crippen LogP contribution is 2.30. The van der Waals surface area contributed by atoms with Gasteiger partial charge in [-0.1, -0.05) is 24.3 Å². The van der Waals surface area contributed by atoms with Crippen molar-refractivity contribution in [1.82, 2.24) is 19.9 Å². The van der Waals surface area contributed by atoms with Crippen LogP contribution in [0.4, 0.5) is 10.8 Å². The molecule has 2 N–H and O–H groups in total. The number of rotatable bonds is 13. The van der Waals surface area contributed by atoms with Crippen molar-refractivity contribution >= 4 is 34.0 Å². The highest BCUT2D eigenvalue weighted by Gasteiger charge is 2.15. The molecule has 0 spiro atoms. The summed E-state index contributed by atoms with van der Waals surface area (Å²) in [5.41, 5.74) is 2.79. The zero-order valence-electron chi connectivity index (χ0n) is 20.4. The Hall–Kier alpha value is -4.58. The van der Waals surface area contributed by atoms with E-state index in [1.54, 1.807) is 36.8 Å². The molecule has 12 heteroatoms. The van der Waals surface area contributed by atoms with Crippen molar-refractivity contribution in [2.75, 3.05) is 18.0 Å². The molecule has 0 radical (unpaired) electrons. The molecule has 11 nitrogen and oxygen atoms in total. The molecule has 0 saturated carbocycles. The lowest BCUT2D eigenvalue weighted by Gasteiger charge is -2.22. The second-order valence-electron chi connectivity index (χ2n) is 8.49. The van der Waals surface area contributed by atoms with Gasteiger partial charge in [0.25, 0.3) is 11.6 Å². The number of aromatic nitrogens is 3. The Labute approximate surface area is 222 Å². The number of nitrogens with one attached hydrogen (secondary N) is 1. The number of aliphatic carboxylic acids is 1. The number of thiazole rings is 1. The van der Waals surface area contributed by atoms with Crippen molar-refractivity contribution in [2.24, 2.45) is 0 Å². The molecule has 0 saturated heterocycles. The van der Waals surface area contributed by atoms with Crippen LogP contribution in [0.2, 0.25) is 0 Å². The number of amides is 1. The molecule has 0 aliphatic carbocycles. The third-order valence-corrected chi connectivity index (χ3v) is 6.63. The van der Waals surface area contributed by atoms with Gasteiger partial charge in [-0.05, 0) is 24.1 Å². The summed E-state index contributed by atoms with van der Waals surface area (Å²) in [6.45, 7) is 2.11. The van der Waals surface area contributed by atoms with Gasteiger partial charge in [0.15, 0.2) is 5.13 Å². The second kappa shape index (κ2) is 12.6. The standard InChI is InChI=1S/C26H26N6O5S/c33-24(34)9-10-28-25(35)20-7-5-19(6-8-20)16-31(13-2-12-30-14-11-27-18-30)26-29-23(17-38-26)21-3-1-4-22(15-21)32(36)37/h1,3-8,11,14-15,17-18H,2,9-10,12-13,16H2,(H,28,35)(H,33,34). The molecule has 2 aromatic carbocycles. The summed E-state index contributed by atoms with van der Waals surface area (Å²) in [6, 6.07) is 13.6. The summed E-state index contributed by atoms with van der Waals surface area (Å²) in [7, 11) is 0. The number of hydrogen-bond donors (Lipinski definition) is 2. The third-order valence-electron chi connectivity index (χ3n) is 5.73. The summed E-state index contributed by atoms with van der Waals surface area (Å²) in [6.07, 6.45) is 6.13. The number of imidazole rings is 1. The van der Waals surface area contributed by atoms with E-state index in [1.165, 1.54) is 23.5 Å². The van der Waals surface area contributed by atoms with Crippen LogP contribution >= 0.6 is 11.3 Å². The molecule has 0 fully saturated rings. The first kappa shape index (κ1) is 26.5. The Morgan fingerprint density at radius 2 is 2.00 bits per heavy atom. The smallest absolute Gasteiger partial charge is 0.305 e. The van der Waals surface area contributed by atoms with Crippen LogP contribution in [-0.2, 0) is 17.9 Å². The molecule has 0 bridgehead atoms. The minimum absolute atomic E-state index is 0.0151. The SMILES string of the molecule is O=C(O)CCNC(=O)c1ccc(CN(CCCn2ccnc2)c2nc(-c3cccc([N+](=O)[O-])c3)cs2)cc1. The number of hydrogen-bond acceptors (Lipinski definition) is 8. The number of benzene rings is 2. The third kappa shape index (κ3) is 7.23. The Balaban J connectivity index is 1.48. The van der Waals surface area contributed by atoms with Crippen LogP contribution in [-0.4, -0.2) is 49.5 Å². The minimum atomic E-state index is -0.968. The van der Waals surface area contributed by atoms with E-state index in [0.717, 1.165) is 23.7 Å². The molecule has 4 aromatic rings. The lowest BCUT2D eigenvalue weighted by atomic mass is 10.1. The topological polar surface area (TPSA) is 143 Å². The van der Waals surface area contributed by atoms with Gasteiger partial charge in [-0.15, -0.1) is 11.3 Å². The fraction of sp³-hybridized carbons (Fsp3) is 0.231. The summed E-state index contributed by atoms with van der Waals surface area (Å²) >= 11 is 1.47. The van der Waals surface area contributed by atoms with Crippen LogP contribution in [0.5, 0.6) is 0 Å². The second-order valence-corrected chi connectivity index (χ2v) is 9.33. The Morgan fingerprint density at radius 3 is 2.71 bits per heavy atom. The van der Waals surface area contributed by atoms with Gasteiger partial charge in [-0.2, -0.15) is 0 Å². The van der Waals surface area contributed by atoms with Crippen LogP contribution in [0.25, 0.3) is 11.3 Å². The van der Waals surface area contributed by atoms with E-state index in [0.29, 0.717) is 29.9 Å². The predicted octanol–water partition coefficient (Wildman–Crippen LogP) is 4.22. The first-order chi connectivity index (χ1) is 18.4. The maximum Gasteiger partial charge on any atom is 0.305 e. The average molecular weight is 535 g/mol. The molecule has 0 atom stereocenters. The van der Waals surface area contributed by atoms with Gasteiger partial charge >= 0.3 is 5.97 Å². The van der Waals surface area contributed by atoms with E-state index < -0.39 is 10.9 Å². The lowest BCUT2D eigenvalue weighted by molar-refractivity contribution is -0.384.